The number of hydrogen-bond donors (Lipinski definition) is 1. The molecule has 5 nitrogen and oxygen atoms in total. The van der Waals surface area contributed by atoms with Gasteiger partial charge in [-0.15, -0.1) is 0 Å². The summed E-state index contributed by atoms with van der Waals surface area (Å²) in [5, 5.41) is 13.0. The Hall–Kier alpha value is -2.73. The minimum Gasteiger partial charge on any atom is -0.322 e. The molecular formula is C15H10ClFN2O3. The van der Waals surface area contributed by atoms with Crippen LogP contribution in [0.25, 0.3) is 6.08 Å². The van der Waals surface area contributed by atoms with Crippen molar-refractivity contribution in [3.8, 4) is 0 Å². The summed E-state index contributed by atoms with van der Waals surface area (Å²) in [4.78, 5) is 21.7. The number of carbonyl (C=O) groups excluding carboxylic acids is 1. The molecule has 1 amide bonds. The fraction of sp³-hybridized carbons (Fsp3) is 0. The molecule has 7 heteroatoms. The van der Waals surface area contributed by atoms with Gasteiger partial charge in [0.15, 0.2) is 0 Å². The van der Waals surface area contributed by atoms with Gasteiger partial charge in [0.1, 0.15) is 5.82 Å². The van der Waals surface area contributed by atoms with Crippen LogP contribution in [0.2, 0.25) is 5.02 Å². The molecule has 0 saturated carbocycles. The highest BCUT2D eigenvalue weighted by Crippen LogP contribution is 2.19. The lowest BCUT2D eigenvalue weighted by Crippen LogP contribution is -2.07. The highest BCUT2D eigenvalue weighted by atomic mass is 35.5. The summed E-state index contributed by atoms with van der Waals surface area (Å²) in [6.07, 6.45) is 2.77. The van der Waals surface area contributed by atoms with E-state index in [9.17, 15) is 19.3 Å². The molecule has 2 aromatic carbocycles. The molecular weight excluding hydrogens is 311 g/mol. The second-order valence-electron chi connectivity index (χ2n) is 4.30. The topological polar surface area (TPSA) is 72.2 Å². The first-order valence-corrected chi connectivity index (χ1v) is 6.52. The summed E-state index contributed by atoms with van der Waals surface area (Å²) in [5.41, 5.74) is 0.977. The van der Waals surface area contributed by atoms with Crippen molar-refractivity contribution in [2.75, 3.05) is 5.32 Å². The second kappa shape index (κ2) is 6.82. The molecule has 0 saturated heterocycles. The Balaban J connectivity index is 2.01. The van der Waals surface area contributed by atoms with Gasteiger partial charge in [-0.05, 0) is 42.0 Å². The molecule has 0 aliphatic carbocycles. The predicted octanol–water partition coefficient (Wildman–Crippen LogP) is 4.04. The van der Waals surface area contributed by atoms with Crippen LogP contribution in [0.15, 0.2) is 48.5 Å². The highest BCUT2D eigenvalue weighted by Gasteiger charge is 2.04. The van der Waals surface area contributed by atoms with Crippen LogP contribution in [0, 0.1) is 15.9 Å². The van der Waals surface area contributed by atoms with Crippen LogP contribution >= 0.6 is 11.6 Å². The van der Waals surface area contributed by atoms with E-state index in [1.54, 1.807) is 0 Å². The number of nitrogens with one attached hydrogen (secondary N) is 1. The summed E-state index contributed by atoms with van der Waals surface area (Å²) in [7, 11) is 0. The zero-order valence-electron chi connectivity index (χ0n) is 11.1. The van der Waals surface area contributed by atoms with Gasteiger partial charge in [0, 0.05) is 23.9 Å². The van der Waals surface area contributed by atoms with Crippen LogP contribution in [0.5, 0.6) is 0 Å². The number of amides is 1. The first-order valence-electron chi connectivity index (χ1n) is 6.14. The highest BCUT2D eigenvalue weighted by molar-refractivity contribution is 6.31. The first-order chi connectivity index (χ1) is 10.5. The fourth-order valence-electron chi connectivity index (χ4n) is 1.64. The lowest BCUT2D eigenvalue weighted by molar-refractivity contribution is -0.384. The Morgan fingerprint density at radius 3 is 2.50 bits per heavy atom. The van der Waals surface area contributed by atoms with E-state index < -0.39 is 16.6 Å². The third kappa shape index (κ3) is 4.13. The molecule has 0 heterocycles. The van der Waals surface area contributed by atoms with Gasteiger partial charge in [0.05, 0.1) is 9.95 Å². The number of halogens is 2. The van der Waals surface area contributed by atoms with Gasteiger partial charge in [0.25, 0.3) is 5.69 Å². The van der Waals surface area contributed by atoms with E-state index in [2.05, 4.69) is 5.32 Å². The van der Waals surface area contributed by atoms with Crippen LogP contribution < -0.4 is 5.32 Å². The largest absolute Gasteiger partial charge is 0.322 e. The summed E-state index contributed by atoms with van der Waals surface area (Å²) >= 11 is 5.61. The average Bonchev–Trinajstić information content (AvgIpc) is 2.49. The molecule has 0 bridgehead atoms. The normalized spacial score (nSPS) is 10.6. The van der Waals surface area contributed by atoms with E-state index in [0.717, 1.165) is 6.07 Å². The molecule has 22 heavy (non-hydrogen) atoms. The average molecular weight is 321 g/mol. The number of nitro benzene ring substituents is 1. The van der Waals surface area contributed by atoms with Gasteiger partial charge in [-0.2, -0.15) is 0 Å². The van der Waals surface area contributed by atoms with E-state index in [4.69, 9.17) is 11.6 Å². The van der Waals surface area contributed by atoms with Crippen molar-refractivity contribution in [2.45, 2.75) is 0 Å². The molecule has 2 rings (SSSR count). The number of hydrogen-bond acceptors (Lipinski definition) is 3. The minimum atomic E-state index is -0.568. The van der Waals surface area contributed by atoms with Gasteiger partial charge in [-0.25, -0.2) is 4.39 Å². The summed E-state index contributed by atoms with van der Waals surface area (Å²) in [6.45, 7) is 0. The molecule has 0 atom stereocenters. The standard InChI is InChI=1S/C15H10ClFN2O3/c16-13-9-11(4-7-14(13)17)18-15(20)8-3-10-1-5-12(6-2-10)19(21)22/h1-9H,(H,18,20)/b8-3+. The molecule has 112 valence electrons. The zero-order chi connectivity index (χ0) is 16.1. The van der Waals surface area contributed by atoms with Crippen molar-refractivity contribution in [3.63, 3.8) is 0 Å². The first kappa shape index (κ1) is 15.7. The van der Waals surface area contributed by atoms with Gasteiger partial charge in [-0.3, -0.25) is 14.9 Å². The Labute approximate surface area is 130 Å². The maximum atomic E-state index is 13.0. The molecule has 0 fully saturated rings. The van der Waals surface area contributed by atoms with E-state index >= 15 is 0 Å². The number of nitrogens with zero attached hydrogens (tertiary/aromatic N) is 1. The van der Waals surface area contributed by atoms with E-state index in [1.807, 2.05) is 0 Å². The van der Waals surface area contributed by atoms with E-state index in [-0.39, 0.29) is 10.7 Å². The Morgan fingerprint density at radius 1 is 1.23 bits per heavy atom. The van der Waals surface area contributed by atoms with Crippen LogP contribution in [0.4, 0.5) is 15.8 Å². The minimum absolute atomic E-state index is 0.0254. The number of anilines is 1. The summed E-state index contributed by atoms with van der Waals surface area (Å²) < 4.78 is 13.0. The third-order valence-corrected chi connectivity index (χ3v) is 3.01. The Bertz CT molecular complexity index is 745. The van der Waals surface area contributed by atoms with Crippen LogP contribution in [0.3, 0.4) is 0 Å². The SMILES string of the molecule is O=C(/C=C/c1ccc([N+](=O)[O-])cc1)Nc1ccc(F)c(Cl)c1. The number of carbonyl (C=O) groups is 1. The lowest BCUT2D eigenvalue weighted by Gasteiger charge is -2.03. The molecule has 0 radical (unpaired) electrons. The van der Waals surface area contributed by atoms with E-state index in [0.29, 0.717) is 11.3 Å². The molecule has 0 unspecified atom stereocenters. The maximum Gasteiger partial charge on any atom is 0.269 e. The quantitative estimate of drug-likeness (QED) is 0.525. The molecule has 0 aliphatic heterocycles. The van der Waals surface area contributed by atoms with Gasteiger partial charge < -0.3 is 5.32 Å². The van der Waals surface area contributed by atoms with Crippen LogP contribution in [-0.4, -0.2) is 10.8 Å². The number of nitro groups is 1. The molecule has 2 aromatic rings. The van der Waals surface area contributed by atoms with Crippen molar-refractivity contribution in [3.05, 3.63) is 75.1 Å². The Morgan fingerprint density at radius 2 is 1.91 bits per heavy atom. The van der Waals surface area contributed by atoms with Crippen molar-refractivity contribution in [1.29, 1.82) is 0 Å². The van der Waals surface area contributed by atoms with Gasteiger partial charge in [0.2, 0.25) is 5.91 Å². The van der Waals surface area contributed by atoms with Crippen molar-refractivity contribution in [1.82, 2.24) is 0 Å². The number of rotatable bonds is 4. The summed E-state index contributed by atoms with van der Waals surface area (Å²) in [6, 6.07) is 9.58. The predicted molar refractivity (Wildman–Crippen MR) is 82.2 cm³/mol. The summed E-state index contributed by atoms with van der Waals surface area (Å²) in [5.74, 6) is -0.998. The van der Waals surface area contributed by atoms with Gasteiger partial charge >= 0.3 is 0 Å². The second-order valence-corrected chi connectivity index (χ2v) is 4.71. The number of benzene rings is 2. The van der Waals surface area contributed by atoms with E-state index in [1.165, 1.54) is 48.6 Å². The molecule has 1 N–H and O–H groups in total. The monoisotopic (exact) mass is 320 g/mol. The lowest BCUT2D eigenvalue weighted by atomic mass is 10.2. The third-order valence-electron chi connectivity index (χ3n) is 2.72. The van der Waals surface area contributed by atoms with Crippen molar-refractivity contribution < 1.29 is 14.1 Å². The molecule has 0 aliphatic rings. The van der Waals surface area contributed by atoms with Crippen LogP contribution in [-0.2, 0) is 4.79 Å². The smallest absolute Gasteiger partial charge is 0.269 e. The van der Waals surface area contributed by atoms with Crippen molar-refractivity contribution in [2.24, 2.45) is 0 Å². The van der Waals surface area contributed by atoms with Crippen molar-refractivity contribution >= 4 is 35.0 Å². The van der Waals surface area contributed by atoms with Gasteiger partial charge in [-0.1, -0.05) is 11.6 Å². The van der Waals surface area contributed by atoms with Crippen LogP contribution in [0.1, 0.15) is 5.56 Å². The zero-order valence-corrected chi connectivity index (χ0v) is 11.9. The maximum absolute atomic E-state index is 13.0. The fourth-order valence-corrected chi connectivity index (χ4v) is 1.82. The molecule has 0 spiro atoms. The molecule has 0 aromatic heterocycles. The number of non-ortho nitro benzene ring substituents is 1. The Kier molecular flexibility index (Phi) is 4.85.